The van der Waals surface area contributed by atoms with E-state index in [4.69, 9.17) is 4.74 Å². The van der Waals surface area contributed by atoms with Gasteiger partial charge in [0.2, 0.25) is 11.8 Å². The number of anilines is 1. The lowest BCUT2D eigenvalue weighted by molar-refractivity contribution is -0.142. The van der Waals surface area contributed by atoms with Crippen LogP contribution < -0.4 is 10.1 Å². The minimum atomic E-state index is -4.41. The van der Waals surface area contributed by atoms with E-state index < -0.39 is 24.9 Å². The van der Waals surface area contributed by atoms with Crippen LogP contribution in [0.15, 0.2) is 18.2 Å². The lowest BCUT2D eigenvalue weighted by Crippen LogP contribution is -2.47. The molecule has 1 heterocycles. The lowest BCUT2D eigenvalue weighted by atomic mass is 10.0. The first kappa shape index (κ1) is 27.3. The number of halogens is 3. The summed E-state index contributed by atoms with van der Waals surface area (Å²) < 4.78 is 43.8. The summed E-state index contributed by atoms with van der Waals surface area (Å²) >= 11 is 0. The standard InChI is InChI=1S/C25H36F3N3O4/c1-16-12-31(17(2)15-32)24(34)11-19-10-20(29-23(33)8-9-25(26,27)28)6-7-21(19)35-22(16)14-30(3)13-18-4-5-18/h6-7,10,16-18,22,32H,4-5,8-9,11-15H2,1-3H3,(H,29,33)/t16-,17-,22+/m1/s1. The Labute approximate surface area is 204 Å². The summed E-state index contributed by atoms with van der Waals surface area (Å²) in [5.41, 5.74) is 0.853. The molecule has 1 fully saturated rings. The number of likely N-dealkylation sites (N-methyl/N-ethyl adjacent to an activating group) is 1. The number of ether oxygens (including phenoxy) is 1. The molecule has 2 N–H and O–H groups in total. The first-order valence-corrected chi connectivity index (χ1v) is 12.2. The van der Waals surface area contributed by atoms with E-state index in [1.54, 1.807) is 30.0 Å². The van der Waals surface area contributed by atoms with Crippen molar-refractivity contribution >= 4 is 17.5 Å². The van der Waals surface area contributed by atoms with Crippen molar-refractivity contribution in [3.8, 4) is 5.75 Å². The fourth-order valence-electron chi connectivity index (χ4n) is 4.33. The SMILES string of the molecule is C[C@@H]1CN([C@H](C)CO)C(=O)Cc2cc(NC(=O)CCC(F)(F)F)ccc2O[C@H]1CN(C)CC1CC1. The molecular weight excluding hydrogens is 463 g/mol. The summed E-state index contributed by atoms with van der Waals surface area (Å²) in [6, 6.07) is 4.45. The largest absolute Gasteiger partial charge is 0.488 e. The van der Waals surface area contributed by atoms with E-state index in [0.717, 1.165) is 12.5 Å². The van der Waals surface area contributed by atoms with E-state index in [-0.39, 0.29) is 37.0 Å². The molecule has 0 spiro atoms. The number of aliphatic hydroxyl groups excluding tert-OH is 1. The van der Waals surface area contributed by atoms with Crippen LogP contribution in [0, 0.1) is 11.8 Å². The lowest BCUT2D eigenvalue weighted by Gasteiger charge is -2.34. The Bertz CT molecular complexity index is 891. The summed E-state index contributed by atoms with van der Waals surface area (Å²) in [7, 11) is 2.06. The Balaban J connectivity index is 1.82. The van der Waals surface area contributed by atoms with Crippen LogP contribution in [0.3, 0.4) is 0 Å². The van der Waals surface area contributed by atoms with Crippen LogP contribution in [-0.4, -0.2) is 78.3 Å². The van der Waals surface area contributed by atoms with Crippen molar-refractivity contribution in [1.29, 1.82) is 0 Å². The van der Waals surface area contributed by atoms with Crippen LogP contribution in [0.25, 0.3) is 0 Å². The Hall–Kier alpha value is -2.33. The number of nitrogens with one attached hydrogen (secondary N) is 1. The molecule has 1 saturated carbocycles. The molecular formula is C25H36F3N3O4. The number of nitrogens with zero attached hydrogens (tertiary/aromatic N) is 2. The predicted molar refractivity (Wildman–Crippen MR) is 126 cm³/mol. The van der Waals surface area contributed by atoms with E-state index in [9.17, 15) is 27.9 Å². The maximum absolute atomic E-state index is 13.2. The topological polar surface area (TPSA) is 82.1 Å². The van der Waals surface area contributed by atoms with Crippen LogP contribution in [0.1, 0.15) is 45.1 Å². The number of carbonyl (C=O) groups excluding carboxylic acids is 2. The van der Waals surface area contributed by atoms with Gasteiger partial charge in [0.05, 0.1) is 25.5 Å². The number of alkyl halides is 3. The third-order valence-electron chi connectivity index (χ3n) is 6.59. The third kappa shape index (κ3) is 8.38. The smallest absolute Gasteiger partial charge is 0.389 e. The Morgan fingerprint density at radius 1 is 1.31 bits per heavy atom. The van der Waals surface area contributed by atoms with Gasteiger partial charge >= 0.3 is 6.18 Å². The van der Waals surface area contributed by atoms with Gasteiger partial charge in [-0.05, 0) is 50.9 Å². The molecule has 35 heavy (non-hydrogen) atoms. The fourth-order valence-corrected chi connectivity index (χ4v) is 4.33. The van der Waals surface area contributed by atoms with Crippen LogP contribution in [-0.2, 0) is 16.0 Å². The molecule has 1 aromatic rings. The molecule has 0 unspecified atom stereocenters. The van der Waals surface area contributed by atoms with Crippen LogP contribution in [0.2, 0.25) is 0 Å². The minimum Gasteiger partial charge on any atom is -0.488 e. The van der Waals surface area contributed by atoms with Gasteiger partial charge in [-0.1, -0.05) is 6.92 Å². The molecule has 3 rings (SSSR count). The highest BCUT2D eigenvalue weighted by Crippen LogP contribution is 2.32. The van der Waals surface area contributed by atoms with E-state index in [2.05, 4.69) is 17.3 Å². The van der Waals surface area contributed by atoms with Crippen LogP contribution in [0.4, 0.5) is 18.9 Å². The number of hydrogen-bond acceptors (Lipinski definition) is 5. The van der Waals surface area contributed by atoms with Gasteiger partial charge in [0.25, 0.3) is 0 Å². The molecule has 1 aliphatic heterocycles. The Morgan fingerprint density at radius 3 is 2.66 bits per heavy atom. The summed E-state index contributed by atoms with van der Waals surface area (Å²) in [5, 5.41) is 12.2. The summed E-state index contributed by atoms with van der Waals surface area (Å²) in [6.45, 7) is 5.72. The molecule has 1 aliphatic carbocycles. The number of rotatable bonds is 9. The zero-order chi connectivity index (χ0) is 25.8. The molecule has 1 aromatic carbocycles. The number of fused-ring (bicyclic) bond motifs is 1. The number of amides is 2. The van der Waals surface area contributed by atoms with Gasteiger partial charge in [0, 0.05) is 43.2 Å². The molecule has 0 bridgehead atoms. The van der Waals surface area contributed by atoms with Gasteiger partial charge in [-0.3, -0.25) is 9.59 Å². The van der Waals surface area contributed by atoms with Crippen molar-refractivity contribution in [2.75, 3.05) is 38.6 Å². The second kappa shape index (κ2) is 11.6. The second-order valence-electron chi connectivity index (χ2n) is 10.0. The zero-order valence-electron chi connectivity index (χ0n) is 20.6. The maximum atomic E-state index is 13.2. The van der Waals surface area contributed by atoms with Crippen molar-refractivity contribution in [2.24, 2.45) is 11.8 Å². The van der Waals surface area contributed by atoms with Crippen molar-refractivity contribution < 1.29 is 32.6 Å². The van der Waals surface area contributed by atoms with Crippen molar-refractivity contribution in [3.05, 3.63) is 23.8 Å². The van der Waals surface area contributed by atoms with E-state index in [1.165, 1.54) is 12.8 Å². The summed E-state index contributed by atoms with van der Waals surface area (Å²) in [6.07, 6.45) is -4.04. The average molecular weight is 500 g/mol. The highest BCUT2D eigenvalue weighted by molar-refractivity contribution is 5.91. The highest BCUT2D eigenvalue weighted by Gasteiger charge is 2.32. The third-order valence-corrected chi connectivity index (χ3v) is 6.59. The van der Waals surface area contributed by atoms with E-state index >= 15 is 0 Å². The quantitative estimate of drug-likeness (QED) is 0.544. The predicted octanol–water partition coefficient (Wildman–Crippen LogP) is 3.46. The van der Waals surface area contributed by atoms with Gasteiger partial charge in [-0.15, -0.1) is 0 Å². The Morgan fingerprint density at radius 2 is 2.03 bits per heavy atom. The van der Waals surface area contributed by atoms with Crippen LogP contribution in [0.5, 0.6) is 5.75 Å². The first-order valence-electron chi connectivity index (χ1n) is 12.2. The Kier molecular flexibility index (Phi) is 9.04. The average Bonchev–Trinajstić information content (AvgIpc) is 3.58. The number of hydrogen-bond donors (Lipinski definition) is 2. The van der Waals surface area contributed by atoms with Crippen molar-refractivity contribution in [1.82, 2.24) is 9.80 Å². The molecule has 0 radical (unpaired) electrons. The molecule has 2 amide bonds. The van der Waals surface area contributed by atoms with E-state index in [1.807, 2.05) is 6.92 Å². The van der Waals surface area contributed by atoms with Gasteiger partial charge in [-0.2, -0.15) is 13.2 Å². The molecule has 10 heteroatoms. The van der Waals surface area contributed by atoms with Crippen molar-refractivity contribution in [3.63, 3.8) is 0 Å². The molecule has 7 nitrogen and oxygen atoms in total. The van der Waals surface area contributed by atoms with Crippen molar-refractivity contribution in [2.45, 2.75) is 64.3 Å². The first-order chi connectivity index (χ1) is 16.4. The van der Waals surface area contributed by atoms with Gasteiger partial charge < -0.3 is 25.0 Å². The normalized spacial score (nSPS) is 22.1. The zero-order valence-corrected chi connectivity index (χ0v) is 20.6. The molecule has 3 atom stereocenters. The molecule has 196 valence electrons. The van der Waals surface area contributed by atoms with Crippen LogP contribution >= 0.6 is 0 Å². The van der Waals surface area contributed by atoms with Gasteiger partial charge in [-0.25, -0.2) is 0 Å². The number of aliphatic hydroxyl groups is 1. The maximum Gasteiger partial charge on any atom is 0.389 e. The summed E-state index contributed by atoms with van der Waals surface area (Å²) in [4.78, 5) is 29.1. The minimum absolute atomic E-state index is 0.0106. The monoisotopic (exact) mass is 499 g/mol. The van der Waals surface area contributed by atoms with Gasteiger partial charge in [0.15, 0.2) is 0 Å². The van der Waals surface area contributed by atoms with Gasteiger partial charge in [0.1, 0.15) is 11.9 Å². The molecule has 0 aromatic heterocycles. The van der Waals surface area contributed by atoms with E-state index in [0.29, 0.717) is 30.1 Å². The second-order valence-corrected chi connectivity index (χ2v) is 10.0. The summed E-state index contributed by atoms with van der Waals surface area (Å²) in [5.74, 6) is 0.288. The molecule has 2 aliphatic rings. The fraction of sp³-hybridized carbons (Fsp3) is 0.680. The number of benzene rings is 1. The number of carbonyl (C=O) groups is 2. The molecule has 0 saturated heterocycles. The highest BCUT2D eigenvalue weighted by atomic mass is 19.4.